The molecule has 1 aliphatic heterocycles. The van der Waals surface area contributed by atoms with Gasteiger partial charge in [-0.05, 0) is 43.7 Å². The third-order valence-electron chi connectivity index (χ3n) is 4.94. The molecule has 0 amide bonds. The molecule has 28 heavy (non-hydrogen) atoms. The Morgan fingerprint density at radius 2 is 1.89 bits per heavy atom. The largest absolute Gasteiger partial charge is 0.478 e. The molecule has 0 radical (unpaired) electrons. The highest BCUT2D eigenvalue weighted by Gasteiger charge is 2.34. The molecular weight excluding hydrogens is 386 g/mol. The number of halogens is 3. The molecule has 0 spiro atoms. The lowest BCUT2D eigenvalue weighted by atomic mass is 10.0. The summed E-state index contributed by atoms with van der Waals surface area (Å²) in [5.74, 6) is 1.58. The Balaban J connectivity index is 1.69. The van der Waals surface area contributed by atoms with Gasteiger partial charge in [0.25, 0.3) is 0 Å². The Labute approximate surface area is 168 Å². The Morgan fingerprint density at radius 3 is 2.54 bits per heavy atom. The highest BCUT2D eigenvalue weighted by molar-refractivity contribution is 6.30. The fourth-order valence-electron chi connectivity index (χ4n) is 3.31. The van der Waals surface area contributed by atoms with Crippen LogP contribution in [0.15, 0.2) is 48.2 Å². The molecule has 0 saturated carbocycles. The van der Waals surface area contributed by atoms with E-state index < -0.39 is 5.82 Å². The maximum atomic E-state index is 13.6. The number of rotatable bonds is 5. The third-order valence-corrected chi connectivity index (χ3v) is 5.25. The van der Waals surface area contributed by atoms with Crippen molar-refractivity contribution in [1.82, 2.24) is 9.80 Å². The van der Waals surface area contributed by atoms with Gasteiger partial charge in [0.15, 0.2) is 0 Å². The van der Waals surface area contributed by atoms with Crippen LogP contribution in [0.2, 0.25) is 5.02 Å². The van der Waals surface area contributed by atoms with Gasteiger partial charge in [-0.1, -0.05) is 23.7 Å². The lowest BCUT2D eigenvalue weighted by Crippen LogP contribution is -2.55. The number of carbonyl (C=O) groups excluding carboxylic acids is 1. The van der Waals surface area contributed by atoms with Crippen molar-refractivity contribution >= 4 is 17.5 Å². The molecule has 1 heterocycles. The number of hydrogen-bond acceptors (Lipinski definition) is 4. The van der Waals surface area contributed by atoms with Gasteiger partial charge in [0.1, 0.15) is 35.8 Å². The summed E-state index contributed by atoms with van der Waals surface area (Å²) in [4.78, 5) is 15.6. The van der Waals surface area contributed by atoms with Gasteiger partial charge in [0.05, 0.1) is 11.1 Å². The van der Waals surface area contributed by atoms with Crippen molar-refractivity contribution in [1.29, 1.82) is 0 Å². The van der Waals surface area contributed by atoms with Crippen LogP contribution in [0.4, 0.5) is 8.78 Å². The second kappa shape index (κ2) is 8.74. The molecule has 2 aromatic carbocycles. The molecule has 1 saturated heterocycles. The molecule has 0 aliphatic carbocycles. The van der Waals surface area contributed by atoms with Crippen LogP contribution in [0.1, 0.15) is 19.4 Å². The summed E-state index contributed by atoms with van der Waals surface area (Å²) in [5, 5.41) is 0.0370. The molecule has 3 rings (SSSR count). The van der Waals surface area contributed by atoms with Crippen molar-refractivity contribution in [3.63, 3.8) is 0 Å². The van der Waals surface area contributed by atoms with Crippen LogP contribution < -0.4 is 4.74 Å². The molecule has 0 unspecified atom stereocenters. The molecule has 0 N–H and O–H groups in total. The van der Waals surface area contributed by atoms with Crippen LogP contribution in [-0.2, 0) is 11.3 Å². The third kappa shape index (κ3) is 4.53. The SMILES string of the molecule is C[C@@H]1CN(COc2ccc(Cl)c(F)c2)[C@@H](C)C(=C=O)N1Cc1ccc(F)cc1. The van der Waals surface area contributed by atoms with E-state index in [0.717, 1.165) is 5.56 Å². The maximum Gasteiger partial charge on any atom is 0.147 e. The summed E-state index contributed by atoms with van der Waals surface area (Å²) in [6, 6.07) is 10.3. The first-order valence-corrected chi connectivity index (χ1v) is 9.35. The Kier molecular flexibility index (Phi) is 6.35. The van der Waals surface area contributed by atoms with E-state index in [1.807, 2.05) is 23.6 Å². The van der Waals surface area contributed by atoms with Gasteiger partial charge in [-0.2, -0.15) is 0 Å². The molecule has 2 aromatic rings. The van der Waals surface area contributed by atoms with Gasteiger partial charge in [-0.25, -0.2) is 13.6 Å². The van der Waals surface area contributed by atoms with Crippen molar-refractivity contribution in [2.75, 3.05) is 13.3 Å². The van der Waals surface area contributed by atoms with Gasteiger partial charge in [0.2, 0.25) is 0 Å². The van der Waals surface area contributed by atoms with E-state index in [4.69, 9.17) is 16.3 Å². The van der Waals surface area contributed by atoms with Gasteiger partial charge < -0.3 is 9.64 Å². The Hall–Kier alpha value is -2.40. The standard InChI is InChI=1S/C21H21ClF2N2O2/c1-14-10-25(13-28-18-7-8-19(22)20(24)9-18)15(2)21(12-27)26(14)11-16-3-5-17(23)6-4-16/h3-9,14-15H,10-11,13H2,1-2H3/t14-,15+/m1/s1. The van der Waals surface area contributed by atoms with Crippen molar-refractivity contribution in [2.24, 2.45) is 0 Å². The predicted molar refractivity (Wildman–Crippen MR) is 104 cm³/mol. The van der Waals surface area contributed by atoms with Crippen LogP contribution in [0.25, 0.3) is 0 Å². The lowest BCUT2D eigenvalue weighted by Gasteiger charge is -2.45. The van der Waals surface area contributed by atoms with Crippen molar-refractivity contribution in [3.05, 3.63) is 70.4 Å². The van der Waals surface area contributed by atoms with Crippen LogP contribution >= 0.6 is 11.6 Å². The smallest absolute Gasteiger partial charge is 0.147 e. The molecule has 2 atom stereocenters. The predicted octanol–water partition coefficient (Wildman–Crippen LogP) is 4.26. The van der Waals surface area contributed by atoms with E-state index in [0.29, 0.717) is 24.5 Å². The molecule has 1 aliphatic rings. The van der Waals surface area contributed by atoms with E-state index in [2.05, 4.69) is 5.94 Å². The number of hydrogen-bond donors (Lipinski definition) is 0. The molecule has 148 valence electrons. The summed E-state index contributed by atoms with van der Waals surface area (Å²) >= 11 is 5.69. The van der Waals surface area contributed by atoms with E-state index in [1.165, 1.54) is 24.3 Å². The summed E-state index contributed by atoms with van der Waals surface area (Å²) in [6.45, 7) is 5.23. The van der Waals surface area contributed by atoms with Gasteiger partial charge in [0, 0.05) is 25.2 Å². The minimum Gasteiger partial charge on any atom is -0.478 e. The van der Waals surface area contributed by atoms with Gasteiger partial charge >= 0.3 is 0 Å². The first-order valence-electron chi connectivity index (χ1n) is 8.97. The minimum atomic E-state index is -0.543. The average Bonchev–Trinajstić information content (AvgIpc) is 2.68. The zero-order chi connectivity index (χ0) is 20.3. The summed E-state index contributed by atoms with van der Waals surface area (Å²) < 4.78 is 32.4. The normalized spacial score (nSPS) is 20.2. The van der Waals surface area contributed by atoms with E-state index in [1.54, 1.807) is 18.2 Å². The second-order valence-electron chi connectivity index (χ2n) is 6.89. The van der Waals surface area contributed by atoms with Gasteiger partial charge in [-0.15, -0.1) is 0 Å². The fourth-order valence-corrected chi connectivity index (χ4v) is 3.42. The molecule has 0 aromatic heterocycles. The molecule has 1 fully saturated rings. The highest BCUT2D eigenvalue weighted by atomic mass is 35.5. The monoisotopic (exact) mass is 406 g/mol. The maximum absolute atomic E-state index is 13.6. The van der Waals surface area contributed by atoms with E-state index in [9.17, 15) is 13.6 Å². The van der Waals surface area contributed by atoms with Crippen LogP contribution in [0, 0.1) is 11.6 Å². The molecule has 4 nitrogen and oxygen atoms in total. The lowest BCUT2D eigenvalue weighted by molar-refractivity contribution is 0.0285. The van der Waals surface area contributed by atoms with Crippen LogP contribution in [0.3, 0.4) is 0 Å². The zero-order valence-electron chi connectivity index (χ0n) is 15.7. The van der Waals surface area contributed by atoms with E-state index in [-0.39, 0.29) is 29.7 Å². The van der Waals surface area contributed by atoms with Crippen LogP contribution in [-0.4, -0.2) is 41.1 Å². The zero-order valence-corrected chi connectivity index (χ0v) is 16.4. The first kappa shape index (κ1) is 20.3. The average molecular weight is 407 g/mol. The quantitative estimate of drug-likeness (QED) is 0.694. The first-order chi connectivity index (χ1) is 13.4. The minimum absolute atomic E-state index is 0.0169. The second-order valence-corrected chi connectivity index (χ2v) is 7.29. The number of benzene rings is 2. The van der Waals surface area contributed by atoms with Crippen LogP contribution in [0.5, 0.6) is 5.75 Å². The Morgan fingerprint density at radius 1 is 1.18 bits per heavy atom. The molecular formula is C21H21ClF2N2O2. The summed E-state index contributed by atoms with van der Waals surface area (Å²) in [7, 11) is 0. The summed E-state index contributed by atoms with van der Waals surface area (Å²) in [5.41, 5.74) is 1.42. The van der Waals surface area contributed by atoms with E-state index >= 15 is 0 Å². The summed E-state index contributed by atoms with van der Waals surface area (Å²) in [6.07, 6.45) is 0. The number of ether oxygens (including phenoxy) is 1. The van der Waals surface area contributed by atoms with Gasteiger partial charge in [-0.3, -0.25) is 4.90 Å². The number of nitrogens with zero attached hydrogens (tertiary/aromatic N) is 2. The van der Waals surface area contributed by atoms with Crippen molar-refractivity contribution < 1.29 is 18.3 Å². The van der Waals surface area contributed by atoms with Crippen molar-refractivity contribution in [3.8, 4) is 5.75 Å². The molecule has 0 bridgehead atoms. The number of piperazine rings is 1. The molecule has 7 heteroatoms. The fraction of sp³-hybridized carbons (Fsp3) is 0.333. The highest BCUT2D eigenvalue weighted by Crippen LogP contribution is 2.26. The van der Waals surface area contributed by atoms with Crippen molar-refractivity contribution in [2.45, 2.75) is 32.5 Å². The topological polar surface area (TPSA) is 32.8 Å². The Bertz CT molecular complexity index is 884.